The Labute approximate surface area is 78.1 Å². The summed E-state index contributed by atoms with van der Waals surface area (Å²) < 4.78 is 40.3. The van der Waals surface area contributed by atoms with Crippen LogP contribution in [0.5, 0.6) is 5.75 Å². The summed E-state index contributed by atoms with van der Waals surface area (Å²) >= 11 is 5.50. The van der Waals surface area contributed by atoms with Crippen LogP contribution in [0.1, 0.15) is 0 Å². The molecule has 0 unspecified atom stereocenters. The summed E-state index contributed by atoms with van der Waals surface area (Å²) in [4.78, 5) is 0. The van der Waals surface area contributed by atoms with E-state index >= 15 is 0 Å². The van der Waals surface area contributed by atoms with E-state index in [0.29, 0.717) is 5.02 Å². The van der Waals surface area contributed by atoms with Gasteiger partial charge in [-0.15, -0.1) is 0 Å². The van der Waals surface area contributed by atoms with Gasteiger partial charge in [0.25, 0.3) is 0 Å². The zero-order valence-electron chi connectivity index (χ0n) is 6.44. The average Bonchev–Trinajstić information content (AvgIpc) is 2.09. The number of hydrogen-bond donors (Lipinski definition) is 0. The number of halogens is 4. The summed E-state index contributed by atoms with van der Waals surface area (Å²) in [5, 5.41) is 0.399. The van der Waals surface area contributed by atoms with Crippen molar-refractivity contribution < 1.29 is 17.9 Å². The highest BCUT2D eigenvalue weighted by atomic mass is 35.5. The molecular weight excluding hydrogens is 205 g/mol. The SMILES string of the molecule is FCC(F)(F)Oc1ccc(Cl)cc1. The molecule has 1 aromatic carbocycles. The second-order valence-corrected chi connectivity index (χ2v) is 2.76. The molecule has 0 aliphatic heterocycles. The maximum atomic E-state index is 12.3. The van der Waals surface area contributed by atoms with Crippen LogP contribution in [0.3, 0.4) is 0 Å². The van der Waals surface area contributed by atoms with Gasteiger partial charge in [-0.3, -0.25) is 0 Å². The first kappa shape index (κ1) is 10.2. The number of rotatable bonds is 3. The molecule has 0 atom stereocenters. The van der Waals surface area contributed by atoms with E-state index in [-0.39, 0.29) is 5.75 Å². The van der Waals surface area contributed by atoms with Crippen LogP contribution in [0.4, 0.5) is 13.2 Å². The minimum absolute atomic E-state index is 0.118. The zero-order valence-corrected chi connectivity index (χ0v) is 7.19. The molecular formula is C8H6ClF3O. The summed E-state index contributed by atoms with van der Waals surface area (Å²) in [5.41, 5.74) is 0. The van der Waals surface area contributed by atoms with Gasteiger partial charge in [-0.1, -0.05) is 11.6 Å². The molecule has 72 valence electrons. The van der Waals surface area contributed by atoms with E-state index in [4.69, 9.17) is 11.6 Å². The molecule has 0 amide bonds. The molecule has 0 saturated heterocycles. The molecule has 1 rings (SSSR count). The van der Waals surface area contributed by atoms with Gasteiger partial charge < -0.3 is 4.74 Å². The Hall–Kier alpha value is -0.900. The Morgan fingerprint density at radius 2 is 1.77 bits per heavy atom. The lowest BCUT2D eigenvalue weighted by Crippen LogP contribution is -2.26. The molecule has 0 N–H and O–H groups in total. The largest absolute Gasteiger partial charge is 0.431 e. The standard InChI is InChI=1S/C8H6ClF3O/c9-6-1-3-7(4-2-6)13-8(11,12)5-10/h1-4H,5H2. The lowest BCUT2D eigenvalue weighted by Gasteiger charge is -2.13. The summed E-state index contributed by atoms with van der Waals surface area (Å²) in [6, 6.07) is 5.24. The monoisotopic (exact) mass is 210 g/mol. The Kier molecular flexibility index (Phi) is 3.03. The Bertz CT molecular complexity index is 273. The highest BCUT2D eigenvalue weighted by Crippen LogP contribution is 2.23. The van der Waals surface area contributed by atoms with Gasteiger partial charge in [-0.25, -0.2) is 4.39 Å². The van der Waals surface area contributed by atoms with Crippen LogP contribution < -0.4 is 4.74 Å². The maximum absolute atomic E-state index is 12.3. The van der Waals surface area contributed by atoms with Gasteiger partial charge in [0.1, 0.15) is 5.75 Å². The second-order valence-electron chi connectivity index (χ2n) is 2.33. The molecule has 0 radical (unpaired) electrons. The zero-order chi connectivity index (χ0) is 9.90. The van der Waals surface area contributed by atoms with Gasteiger partial charge in [-0.2, -0.15) is 8.78 Å². The number of ether oxygens (including phenoxy) is 1. The minimum atomic E-state index is -3.77. The van der Waals surface area contributed by atoms with Gasteiger partial charge in [0.15, 0.2) is 6.67 Å². The predicted molar refractivity (Wildman–Crippen MR) is 43.0 cm³/mol. The van der Waals surface area contributed by atoms with E-state index in [1.165, 1.54) is 24.3 Å². The van der Waals surface area contributed by atoms with Crippen molar-refractivity contribution in [3.8, 4) is 5.75 Å². The molecule has 0 saturated carbocycles. The topological polar surface area (TPSA) is 9.23 Å². The van der Waals surface area contributed by atoms with E-state index in [1.54, 1.807) is 0 Å². The summed E-state index contributed by atoms with van der Waals surface area (Å²) in [6.45, 7) is -1.85. The van der Waals surface area contributed by atoms with Crippen LogP contribution >= 0.6 is 11.6 Å². The smallest absolute Gasteiger partial charge is 0.427 e. The summed E-state index contributed by atoms with van der Waals surface area (Å²) in [6.07, 6.45) is -3.77. The van der Waals surface area contributed by atoms with Crippen molar-refractivity contribution >= 4 is 11.6 Å². The fraction of sp³-hybridized carbons (Fsp3) is 0.250. The maximum Gasteiger partial charge on any atom is 0.427 e. The molecule has 0 heterocycles. The molecule has 13 heavy (non-hydrogen) atoms. The van der Waals surface area contributed by atoms with Crippen molar-refractivity contribution in [3.63, 3.8) is 0 Å². The van der Waals surface area contributed by atoms with Crippen LogP contribution in [0, 0.1) is 0 Å². The molecule has 0 fully saturated rings. The van der Waals surface area contributed by atoms with Crippen LogP contribution in [0.25, 0.3) is 0 Å². The van der Waals surface area contributed by atoms with Gasteiger partial charge in [0.2, 0.25) is 0 Å². The fourth-order valence-electron chi connectivity index (χ4n) is 0.702. The third kappa shape index (κ3) is 3.14. The first-order chi connectivity index (χ1) is 6.03. The van der Waals surface area contributed by atoms with Crippen molar-refractivity contribution in [1.82, 2.24) is 0 Å². The van der Waals surface area contributed by atoms with E-state index < -0.39 is 12.8 Å². The van der Waals surface area contributed by atoms with Crippen molar-refractivity contribution in [2.45, 2.75) is 6.11 Å². The Morgan fingerprint density at radius 3 is 2.23 bits per heavy atom. The van der Waals surface area contributed by atoms with Crippen molar-refractivity contribution in [2.75, 3.05) is 6.67 Å². The Balaban J connectivity index is 2.69. The molecule has 0 aliphatic carbocycles. The highest BCUT2D eigenvalue weighted by Gasteiger charge is 2.31. The van der Waals surface area contributed by atoms with Crippen LogP contribution in [-0.2, 0) is 0 Å². The number of alkyl halides is 3. The van der Waals surface area contributed by atoms with Gasteiger partial charge in [0.05, 0.1) is 0 Å². The lowest BCUT2D eigenvalue weighted by molar-refractivity contribution is -0.186. The van der Waals surface area contributed by atoms with E-state index in [9.17, 15) is 13.2 Å². The summed E-state index contributed by atoms with van der Waals surface area (Å²) in [5.74, 6) is -0.118. The van der Waals surface area contributed by atoms with Gasteiger partial charge in [-0.05, 0) is 24.3 Å². The summed E-state index contributed by atoms with van der Waals surface area (Å²) in [7, 11) is 0. The van der Waals surface area contributed by atoms with Gasteiger partial charge in [0, 0.05) is 5.02 Å². The molecule has 0 spiro atoms. The first-order valence-corrected chi connectivity index (χ1v) is 3.80. The third-order valence-electron chi connectivity index (χ3n) is 1.24. The normalized spacial score (nSPS) is 11.4. The number of benzene rings is 1. The van der Waals surface area contributed by atoms with Crippen LogP contribution in [-0.4, -0.2) is 12.8 Å². The molecule has 1 aromatic rings. The molecule has 1 nitrogen and oxygen atoms in total. The quantitative estimate of drug-likeness (QED) is 0.744. The molecule has 0 aromatic heterocycles. The first-order valence-electron chi connectivity index (χ1n) is 3.42. The molecule has 5 heteroatoms. The average molecular weight is 211 g/mol. The van der Waals surface area contributed by atoms with Crippen LogP contribution in [0.2, 0.25) is 5.02 Å². The van der Waals surface area contributed by atoms with E-state index in [1.807, 2.05) is 0 Å². The minimum Gasteiger partial charge on any atom is -0.431 e. The predicted octanol–water partition coefficient (Wildman–Crippen LogP) is 3.28. The lowest BCUT2D eigenvalue weighted by atomic mass is 10.3. The highest BCUT2D eigenvalue weighted by molar-refractivity contribution is 6.30. The van der Waals surface area contributed by atoms with Crippen LogP contribution in [0.15, 0.2) is 24.3 Å². The van der Waals surface area contributed by atoms with Crippen molar-refractivity contribution in [3.05, 3.63) is 29.3 Å². The Morgan fingerprint density at radius 1 is 1.23 bits per heavy atom. The third-order valence-corrected chi connectivity index (χ3v) is 1.49. The molecule has 0 aliphatic rings. The molecule has 0 bridgehead atoms. The number of hydrogen-bond acceptors (Lipinski definition) is 1. The fourth-order valence-corrected chi connectivity index (χ4v) is 0.828. The van der Waals surface area contributed by atoms with Gasteiger partial charge >= 0.3 is 6.11 Å². The second kappa shape index (κ2) is 3.87. The van der Waals surface area contributed by atoms with E-state index in [2.05, 4.69) is 4.74 Å². The van der Waals surface area contributed by atoms with E-state index in [0.717, 1.165) is 0 Å². The van der Waals surface area contributed by atoms with Crippen molar-refractivity contribution in [2.24, 2.45) is 0 Å². The van der Waals surface area contributed by atoms with Crippen molar-refractivity contribution in [1.29, 1.82) is 0 Å².